The molecule has 1 saturated heterocycles. The van der Waals surface area contributed by atoms with Gasteiger partial charge in [0.2, 0.25) is 0 Å². The highest BCUT2D eigenvalue weighted by atomic mass is 16.5. The largest absolute Gasteiger partial charge is 0.381 e. The van der Waals surface area contributed by atoms with E-state index in [0.29, 0.717) is 30.5 Å². The molecule has 6 nitrogen and oxygen atoms in total. The predicted molar refractivity (Wildman–Crippen MR) is 79.1 cm³/mol. The fraction of sp³-hybridized carbons (Fsp3) is 0.667. The number of nitrogens with zero attached hydrogens (tertiary/aromatic N) is 3. The van der Waals surface area contributed by atoms with Gasteiger partial charge in [-0.15, -0.1) is 5.10 Å². The Balaban J connectivity index is 1.69. The molecule has 0 aliphatic carbocycles. The number of nitrogens with one attached hydrogen (secondary N) is 1. The van der Waals surface area contributed by atoms with Gasteiger partial charge in [0.1, 0.15) is 11.6 Å². The van der Waals surface area contributed by atoms with E-state index < -0.39 is 0 Å². The Hall–Kier alpha value is -1.71. The molecule has 1 N–H and O–H groups in total. The molecule has 1 atom stereocenters. The summed E-state index contributed by atoms with van der Waals surface area (Å²) in [5, 5.41) is 20.4. The van der Waals surface area contributed by atoms with Crippen LogP contribution >= 0.6 is 0 Å². The van der Waals surface area contributed by atoms with Crippen LogP contribution in [0.25, 0.3) is 0 Å². The van der Waals surface area contributed by atoms with Crippen LogP contribution < -0.4 is 5.32 Å². The zero-order chi connectivity index (χ0) is 15.1. The second-order valence-electron chi connectivity index (χ2n) is 5.33. The molecule has 0 saturated carbocycles. The first kappa shape index (κ1) is 15.7. The summed E-state index contributed by atoms with van der Waals surface area (Å²) < 4.78 is 10.9. The summed E-state index contributed by atoms with van der Waals surface area (Å²) in [4.78, 5) is 0. The van der Waals surface area contributed by atoms with Crippen molar-refractivity contribution in [1.29, 1.82) is 5.26 Å². The summed E-state index contributed by atoms with van der Waals surface area (Å²) in [6, 6.07) is 2.18. The number of hydrogen-bond acceptors (Lipinski definition) is 6. The van der Waals surface area contributed by atoms with Crippen molar-refractivity contribution >= 4 is 5.82 Å². The van der Waals surface area contributed by atoms with Gasteiger partial charge in [-0.25, -0.2) is 0 Å². The summed E-state index contributed by atoms with van der Waals surface area (Å²) in [5.41, 5.74) is 2.25. The van der Waals surface area contributed by atoms with Crippen LogP contribution in [-0.4, -0.2) is 43.2 Å². The van der Waals surface area contributed by atoms with Crippen LogP contribution in [0.15, 0.2) is 0 Å². The molecule has 1 fully saturated rings. The van der Waals surface area contributed by atoms with Gasteiger partial charge in [-0.05, 0) is 32.3 Å². The molecule has 1 aliphatic heterocycles. The first-order valence-electron chi connectivity index (χ1n) is 7.35. The van der Waals surface area contributed by atoms with Crippen molar-refractivity contribution < 1.29 is 9.47 Å². The Bertz CT molecular complexity index is 507. The third-order valence-electron chi connectivity index (χ3n) is 3.70. The maximum Gasteiger partial charge on any atom is 0.166 e. The zero-order valence-electron chi connectivity index (χ0n) is 12.7. The first-order valence-corrected chi connectivity index (χ1v) is 7.35. The highest BCUT2D eigenvalue weighted by Crippen LogP contribution is 2.17. The number of anilines is 1. The minimum Gasteiger partial charge on any atom is -0.381 e. The van der Waals surface area contributed by atoms with Gasteiger partial charge in [-0.2, -0.15) is 10.4 Å². The van der Waals surface area contributed by atoms with Gasteiger partial charge in [-0.3, -0.25) is 0 Å². The van der Waals surface area contributed by atoms with Crippen molar-refractivity contribution in [2.45, 2.75) is 26.7 Å². The number of ether oxygens (including phenoxy) is 2. The second-order valence-corrected chi connectivity index (χ2v) is 5.33. The molecule has 1 unspecified atom stereocenters. The molecule has 1 aromatic rings. The van der Waals surface area contributed by atoms with Gasteiger partial charge in [0, 0.05) is 25.7 Å². The highest BCUT2D eigenvalue weighted by molar-refractivity contribution is 5.55. The second kappa shape index (κ2) is 7.91. The summed E-state index contributed by atoms with van der Waals surface area (Å²) in [5.74, 6) is 1.11. The van der Waals surface area contributed by atoms with Crippen LogP contribution in [-0.2, 0) is 9.47 Å². The van der Waals surface area contributed by atoms with Crippen molar-refractivity contribution in [3.63, 3.8) is 0 Å². The smallest absolute Gasteiger partial charge is 0.166 e. The van der Waals surface area contributed by atoms with E-state index in [1.165, 1.54) is 0 Å². The molecule has 0 bridgehead atoms. The number of rotatable bonds is 7. The van der Waals surface area contributed by atoms with Crippen LogP contribution in [0.2, 0.25) is 0 Å². The number of aromatic nitrogens is 2. The quantitative estimate of drug-likeness (QED) is 0.772. The standard InChI is InChI=1S/C15H22N4O2/c1-11-12(2)18-19-15(14(11)8-16)17-5-3-6-20-9-13-4-7-21-10-13/h13H,3-7,9-10H2,1-2H3,(H,17,19). The van der Waals surface area contributed by atoms with Gasteiger partial charge in [-0.1, -0.05) is 0 Å². The fourth-order valence-electron chi connectivity index (χ4n) is 2.21. The molecule has 0 amide bonds. The molecule has 2 heterocycles. The van der Waals surface area contributed by atoms with Crippen LogP contribution in [0.5, 0.6) is 0 Å². The number of aryl methyl sites for hydroxylation is 1. The first-order chi connectivity index (χ1) is 10.2. The fourth-order valence-corrected chi connectivity index (χ4v) is 2.21. The molecule has 6 heteroatoms. The molecule has 0 radical (unpaired) electrons. The van der Waals surface area contributed by atoms with Crippen LogP contribution in [0, 0.1) is 31.1 Å². The van der Waals surface area contributed by atoms with E-state index in [1.54, 1.807) is 0 Å². The Morgan fingerprint density at radius 3 is 3.00 bits per heavy atom. The summed E-state index contributed by atoms with van der Waals surface area (Å²) in [6.07, 6.45) is 1.97. The van der Waals surface area contributed by atoms with Crippen molar-refractivity contribution in [3.05, 3.63) is 16.8 Å². The zero-order valence-corrected chi connectivity index (χ0v) is 12.7. The van der Waals surface area contributed by atoms with E-state index in [-0.39, 0.29) is 0 Å². The predicted octanol–water partition coefficient (Wildman–Crippen LogP) is 1.82. The molecular formula is C15H22N4O2. The van der Waals surface area contributed by atoms with Gasteiger partial charge < -0.3 is 14.8 Å². The summed E-state index contributed by atoms with van der Waals surface area (Å²) in [7, 11) is 0. The molecule has 1 aromatic heterocycles. The lowest BCUT2D eigenvalue weighted by atomic mass is 10.1. The van der Waals surface area contributed by atoms with E-state index in [4.69, 9.17) is 9.47 Å². The number of nitriles is 1. The molecular weight excluding hydrogens is 268 g/mol. The van der Waals surface area contributed by atoms with Crippen molar-refractivity contribution in [2.24, 2.45) is 5.92 Å². The number of hydrogen-bond donors (Lipinski definition) is 1. The maximum atomic E-state index is 9.19. The van der Waals surface area contributed by atoms with E-state index >= 15 is 0 Å². The molecule has 1 aliphatic rings. The monoisotopic (exact) mass is 290 g/mol. The molecule has 0 spiro atoms. The maximum absolute atomic E-state index is 9.19. The van der Waals surface area contributed by atoms with Crippen LogP contribution in [0.4, 0.5) is 5.82 Å². The van der Waals surface area contributed by atoms with Crippen LogP contribution in [0.1, 0.15) is 29.7 Å². The lowest BCUT2D eigenvalue weighted by Crippen LogP contribution is -2.13. The van der Waals surface area contributed by atoms with Gasteiger partial charge >= 0.3 is 0 Å². The molecule has 21 heavy (non-hydrogen) atoms. The van der Waals surface area contributed by atoms with E-state index in [9.17, 15) is 5.26 Å². The van der Waals surface area contributed by atoms with Gasteiger partial charge in [0.15, 0.2) is 5.82 Å². The summed E-state index contributed by atoms with van der Waals surface area (Å²) >= 11 is 0. The van der Waals surface area contributed by atoms with Crippen LogP contribution in [0.3, 0.4) is 0 Å². The third-order valence-corrected chi connectivity index (χ3v) is 3.70. The van der Waals surface area contributed by atoms with E-state index in [0.717, 1.165) is 43.9 Å². The van der Waals surface area contributed by atoms with E-state index in [1.807, 2.05) is 13.8 Å². The lowest BCUT2D eigenvalue weighted by Gasteiger charge is -2.11. The summed E-state index contributed by atoms with van der Waals surface area (Å²) in [6.45, 7) is 7.61. The highest BCUT2D eigenvalue weighted by Gasteiger charge is 2.15. The van der Waals surface area contributed by atoms with Gasteiger partial charge in [0.25, 0.3) is 0 Å². The third kappa shape index (κ3) is 4.38. The van der Waals surface area contributed by atoms with Crippen molar-refractivity contribution in [1.82, 2.24) is 10.2 Å². The van der Waals surface area contributed by atoms with Gasteiger partial charge in [0.05, 0.1) is 18.9 Å². The Morgan fingerprint density at radius 1 is 1.43 bits per heavy atom. The Labute approximate surface area is 125 Å². The van der Waals surface area contributed by atoms with Crippen molar-refractivity contribution in [3.8, 4) is 6.07 Å². The average molecular weight is 290 g/mol. The Kier molecular flexibility index (Phi) is 5.90. The Morgan fingerprint density at radius 2 is 2.29 bits per heavy atom. The minimum absolute atomic E-state index is 0.550. The topological polar surface area (TPSA) is 80.1 Å². The van der Waals surface area contributed by atoms with E-state index in [2.05, 4.69) is 21.6 Å². The molecule has 0 aromatic carbocycles. The molecule has 114 valence electrons. The molecule has 2 rings (SSSR count). The lowest BCUT2D eigenvalue weighted by molar-refractivity contribution is 0.0897. The SMILES string of the molecule is Cc1nnc(NCCCOCC2CCOC2)c(C#N)c1C. The minimum atomic E-state index is 0.550. The average Bonchev–Trinajstić information content (AvgIpc) is 2.99. The normalized spacial score (nSPS) is 17.7. The van der Waals surface area contributed by atoms with Crippen molar-refractivity contribution in [2.75, 3.05) is 38.3 Å².